The molecule has 0 bridgehead atoms. The number of nitrogens with two attached hydrogens (primary N) is 1. The fourth-order valence-electron chi connectivity index (χ4n) is 2.64. The standard InChI is InChI=1S/C16H14F3N3O2S2/c1-2-22-15(16(17,18)19)13(12-4-3-9-25-12)14(21-22)10-5-7-11(8-6-10)26(20,23)24/h3-9H,2H2,1H3,(H2,20,23,24). The number of hydrogen-bond acceptors (Lipinski definition) is 4. The predicted octanol–water partition coefficient (Wildman–Crippen LogP) is 3.96. The molecular formula is C16H14F3N3O2S2. The van der Waals surface area contributed by atoms with Crippen LogP contribution in [0.25, 0.3) is 21.7 Å². The Kier molecular flexibility index (Phi) is 4.67. The van der Waals surface area contributed by atoms with Gasteiger partial charge in [-0.15, -0.1) is 11.3 Å². The number of halogens is 3. The normalized spacial score (nSPS) is 12.5. The third-order valence-corrected chi connectivity index (χ3v) is 5.56. The second-order valence-corrected chi connectivity index (χ2v) is 7.94. The van der Waals surface area contributed by atoms with E-state index in [0.717, 1.165) is 4.68 Å². The monoisotopic (exact) mass is 401 g/mol. The molecule has 0 saturated heterocycles. The summed E-state index contributed by atoms with van der Waals surface area (Å²) >= 11 is 1.18. The number of thiophene rings is 1. The highest BCUT2D eigenvalue weighted by Crippen LogP contribution is 2.44. The lowest BCUT2D eigenvalue weighted by Gasteiger charge is -2.11. The first-order valence-corrected chi connectivity index (χ1v) is 9.90. The van der Waals surface area contributed by atoms with Crippen LogP contribution in [0.1, 0.15) is 12.6 Å². The van der Waals surface area contributed by atoms with Gasteiger partial charge in [-0.2, -0.15) is 18.3 Å². The van der Waals surface area contributed by atoms with Gasteiger partial charge in [0.05, 0.1) is 10.5 Å². The van der Waals surface area contributed by atoms with Crippen LogP contribution >= 0.6 is 11.3 Å². The lowest BCUT2D eigenvalue weighted by atomic mass is 10.0. The molecule has 0 amide bonds. The van der Waals surface area contributed by atoms with Crippen LogP contribution < -0.4 is 5.14 Å². The first-order chi connectivity index (χ1) is 12.1. The highest BCUT2D eigenvalue weighted by Gasteiger charge is 2.40. The predicted molar refractivity (Wildman–Crippen MR) is 93.0 cm³/mol. The van der Waals surface area contributed by atoms with Crippen molar-refractivity contribution in [3.63, 3.8) is 0 Å². The molecule has 3 aromatic rings. The summed E-state index contributed by atoms with van der Waals surface area (Å²) in [6, 6.07) is 8.57. The van der Waals surface area contributed by atoms with E-state index >= 15 is 0 Å². The van der Waals surface area contributed by atoms with E-state index in [4.69, 9.17) is 5.14 Å². The fraction of sp³-hybridized carbons (Fsp3) is 0.188. The van der Waals surface area contributed by atoms with Gasteiger partial charge in [0.1, 0.15) is 5.69 Å². The number of sulfonamides is 1. The summed E-state index contributed by atoms with van der Waals surface area (Å²) in [5.74, 6) is 0. The molecule has 1 aromatic carbocycles. The number of rotatable bonds is 4. The highest BCUT2D eigenvalue weighted by molar-refractivity contribution is 7.89. The van der Waals surface area contributed by atoms with Crippen LogP contribution in [0.4, 0.5) is 13.2 Å². The molecular weight excluding hydrogens is 387 g/mol. The molecule has 2 aromatic heterocycles. The minimum Gasteiger partial charge on any atom is -0.259 e. The number of hydrogen-bond donors (Lipinski definition) is 1. The summed E-state index contributed by atoms with van der Waals surface area (Å²) < 4.78 is 64.7. The highest BCUT2D eigenvalue weighted by atomic mass is 32.2. The molecule has 0 unspecified atom stereocenters. The quantitative estimate of drug-likeness (QED) is 0.719. The fourth-order valence-corrected chi connectivity index (χ4v) is 3.93. The van der Waals surface area contributed by atoms with Crippen LogP contribution in [0, 0.1) is 0 Å². The zero-order valence-electron chi connectivity index (χ0n) is 13.5. The van der Waals surface area contributed by atoms with Crippen molar-refractivity contribution >= 4 is 21.4 Å². The Morgan fingerprint density at radius 1 is 1.19 bits per heavy atom. The van der Waals surface area contributed by atoms with Crippen LogP contribution in [0.2, 0.25) is 0 Å². The molecule has 0 spiro atoms. The topological polar surface area (TPSA) is 78.0 Å². The molecule has 0 fully saturated rings. The van der Waals surface area contributed by atoms with E-state index in [-0.39, 0.29) is 22.7 Å². The lowest BCUT2D eigenvalue weighted by molar-refractivity contribution is -0.143. The minimum absolute atomic E-state index is 0.0160. The van der Waals surface area contributed by atoms with E-state index in [2.05, 4.69) is 5.10 Å². The van der Waals surface area contributed by atoms with Crippen LogP contribution in [0.15, 0.2) is 46.7 Å². The van der Waals surface area contributed by atoms with Gasteiger partial charge in [0.15, 0.2) is 5.69 Å². The van der Waals surface area contributed by atoms with Crippen molar-refractivity contribution in [3.05, 3.63) is 47.5 Å². The Morgan fingerprint density at radius 2 is 1.85 bits per heavy atom. The van der Waals surface area contributed by atoms with Crippen LogP contribution in [-0.4, -0.2) is 18.2 Å². The average Bonchev–Trinajstić information content (AvgIpc) is 3.20. The second-order valence-electron chi connectivity index (χ2n) is 5.43. The third-order valence-electron chi connectivity index (χ3n) is 3.74. The Labute approximate surface area is 151 Å². The van der Waals surface area contributed by atoms with E-state index in [0.29, 0.717) is 10.4 Å². The first-order valence-electron chi connectivity index (χ1n) is 7.48. The Balaban J connectivity index is 2.27. The van der Waals surface area contributed by atoms with Gasteiger partial charge < -0.3 is 0 Å². The van der Waals surface area contributed by atoms with Crippen molar-refractivity contribution in [1.82, 2.24) is 9.78 Å². The Hall–Kier alpha value is -2.17. The minimum atomic E-state index is -4.58. The van der Waals surface area contributed by atoms with Gasteiger partial charge in [0, 0.05) is 17.0 Å². The summed E-state index contributed by atoms with van der Waals surface area (Å²) in [7, 11) is -3.89. The molecule has 138 valence electrons. The smallest absolute Gasteiger partial charge is 0.259 e. The van der Waals surface area contributed by atoms with Crippen LogP contribution in [0.3, 0.4) is 0 Å². The number of benzene rings is 1. The maximum atomic E-state index is 13.7. The lowest BCUT2D eigenvalue weighted by Crippen LogP contribution is -2.14. The van der Waals surface area contributed by atoms with E-state index in [9.17, 15) is 21.6 Å². The molecule has 10 heteroatoms. The van der Waals surface area contributed by atoms with Gasteiger partial charge in [-0.3, -0.25) is 4.68 Å². The summed E-state index contributed by atoms with van der Waals surface area (Å²) in [5.41, 5.74) is -0.327. The Morgan fingerprint density at radius 3 is 2.31 bits per heavy atom. The second kappa shape index (κ2) is 6.53. The van der Waals surface area contributed by atoms with Gasteiger partial charge >= 0.3 is 6.18 Å². The van der Waals surface area contributed by atoms with E-state index < -0.39 is 21.9 Å². The molecule has 5 nitrogen and oxygen atoms in total. The molecule has 0 atom stereocenters. The molecule has 3 rings (SSSR count). The summed E-state index contributed by atoms with van der Waals surface area (Å²) in [6.07, 6.45) is -4.58. The number of aromatic nitrogens is 2. The molecule has 0 aliphatic heterocycles. The van der Waals surface area contributed by atoms with Gasteiger partial charge in [-0.25, -0.2) is 13.6 Å². The zero-order valence-corrected chi connectivity index (χ0v) is 15.1. The van der Waals surface area contributed by atoms with Crippen molar-refractivity contribution in [2.75, 3.05) is 0 Å². The van der Waals surface area contributed by atoms with E-state index in [1.54, 1.807) is 24.4 Å². The summed E-state index contributed by atoms with van der Waals surface area (Å²) in [6.45, 7) is 1.62. The van der Waals surface area contributed by atoms with Gasteiger partial charge in [0.2, 0.25) is 10.0 Å². The van der Waals surface area contributed by atoms with Crippen molar-refractivity contribution in [3.8, 4) is 21.7 Å². The summed E-state index contributed by atoms with van der Waals surface area (Å²) in [5, 5.41) is 10.9. The third kappa shape index (κ3) is 3.39. The zero-order chi connectivity index (χ0) is 19.1. The maximum absolute atomic E-state index is 13.7. The van der Waals surface area contributed by atoms with Gasteiger partial charge in [-0.1, -0.05) is 18.2 Å². The number of aryl methyl sites for hydroxylation is 1. The summed E-state index contributed by atoms with van der Waals surface area (Å²) in [4.78, 5) is 0.312. The van der Waals surface area contributed by atoms with Crippen LogP contribution in [0.5, 0.6) is 0 Å². The van der Waals surface area contributed by atoms with Crippen molar-refractivity contribution < 1.29 is 21.6 Å². The number of nitrogens with zero attached hydrogens (tertiary/aromatic N) is 2. The molecule has 2 N–H and O–H groups in total. The number of alkyl halides is 3. The molecule has 0 aliphatic rings. The molecule has 26 heavy (non-hydrogen) atoms. The number of primary sulfonamides is 1. The maximum Gasteiger partial charge on any atom is 0.433 e. The van der Waals surface area contributed by atoms with E-state index in [1.165, 1.54) is 35.6 Å². The molecule has 2 heterocycles. The van der Waals surface area contributed by atoms with Gasteiger partial charge in [0.25, 0.3) is 0 Å². The SMILES string of the molecule is CCn1nc(-c2ccc(S(N)(=O)=O)cc2)c(-c2cccs2)c1C(F)(F)F. The van der Waals surface area contributed by atoms with E-state index in [1.807, 2.05) is 0 Å². The van der Waals surface area contributed by atoms with Crippen molar-refractivity contribution in [1.29, 1.82) is 0 Å². The van der Waals surface area contributed by atoms with Crippen molar-refractivity contribution in [2.45, 2.75) is 24.5 Å². The Bertz CT molecular complexity index is 1020. The first kappa shape index (κ1) is 18.6. The van der Waals surface area contributed by atoms with Crippen LogP contribution in [-0.2, 0) is 22.7 Å². The van der Waals surface area contributed by atoms with Gasteiger partial charge in [-0.05, 0) is 30.5 Å². The average molecular weight is 401 g/mol. The largest absolute Gasteiger partial charge is 0.433 e. The molecule has 0 radical (unpaired) electrons. The molecule has 0 saturated carbocycles. The molecule has 0 aliphatic carbocycles. The van der Waals surface area contributed by atoms with Crippen molar-refractivity contribution in [2.24, 2.45) is 5.14 Å².